The van der Waals surface area contributed by atoms with Gasteiger partial charge in [0, 0.05) is 5.56 Å². The molecule has 0 unspecified atom stereocenters. The van der Waals surface area contributed by atoms with Crippen molar-refractivity contribution < 1.29 is 17.6 Å². The Morgan fingerprint density at radius 1 is 0.938 bits per heavy atom. The van der Waals surface area contributed by atoms with Crippen LogP contribution in [-0.2, 0) is 15.4 Å². The van der Waals surface area contributed by atoms with Gasteiger partial charge in [-0.05, 0) is 53.4 Å². The second-order valence-corrected chi connectivity index (χ2v) is 11.1. The molecule has 0 aliphatic rings. The summed E-state index contributed by atoms with van der Waals surface area (Å²) in [4.78, 5) is 24.5. The van der Waals surface area contributed by atoms with Gasteiger partial charge >= 0.3 is 4.94 Å². The average Bonchev–Trinajstić information content (AvgIpc) is 3.13. The van der Waals surface area contributed by atoms with Crippen molar-refractivity contribution in [2.45, 2.75) is 31.1 Å². The fourth-order valence-corrected chi connectivity index (χ4v) is 5.39. The molecule has 0 bridgehead atoms. The van der Waals surface area contributed by atoms with Crippen LogP contribution >= 0.6 is 11.3 Å². The molecular weight excluding hydrogens is 446 g/mol. The van der Waals surface area contributed by atoms with Crippen LogP contribution in [0.25, 0.3) is 10.3 Å². The van der Waals surface area contributed by atoms with E-state index in [0.717, 1.165) is 21.2 Å². The lowest BCUT2D eigenvalue weighted by Crippen LogP contribution is -2.37. The topological polar surface area (TPSA) is 84.7 Å². The molecule has 1 aromatic heterocycles. The van der Waals surface area contributed by atoms with E-state index in [-0.39, 0.29) is 21.6 Å². The number of fused-ring (bicyclic) bond motifs is 1. The summed E-state index contributed by atoms with van der Waals surface area (Å²) in [5.41, 5.74) is 1.52. The molecule has 1 amide bonds. The molecule has 0 radical (unpaired) electrons. The Morgan fingerprint density at radius 3 is 2.22 bits per heavy atom. The zero-order chi connectivity index (χ0) is 23.1. The maximum atomic E-state index is 13.7. The smallest absolute Gasteiger partial charge is 0.396 e. The van der Waals surface area contributed by atoms with E-state index in [1.807, 2.05) is 20.8 Å². The van der Waals surface area contributed by atoms with Gasteiger partial charge in [0.2, 0.25) is 0 Å². The first-order chi connectivity index (χ1) is 15.1. The van der Waals surface area contributed by atoms with Crippen molar-refractivity contribution in [1.29, 1.82) is 0 Å². The zero-order valence-electron chi connectivity index (χ0n) is 17.7. The third kappa shape index (κ3) is 4.11. The maximum absolute atomic E-state index is 13.7. The van der Waals surface area contributed by atoms with Gasteiger partial charge in [0.1, 0.15) is 5.58 Å². The molecule has 6 nitrogen and oxygen atoms in total. The number of carbonyl (C=O) groups excluding carboxylic acids is 1. The monoisotopic (exact) mass is 467 g/mol. The van der Waals surface area contributed by atoms with Crippen molar-refractivity contribution in [3.05, 3.63) is 93.7 Å². The molecule has 0 aliphatic heterocycles. The summed E-state index contributed by atoms with van der Waals surface area (Å²) in [5.74, 6) is -0.694. The lowest BCUT2D eigenvalue weighted by atomic mass is 9.87. The van der Waals surface area contributed by atoms with E-state index in [1.54, 1.807) is 42.5 Å². The van der Waals surface area contributed by atoms with Crippen LogP contribution in [0.4, 0.5) is 5.69 Å². The van der Waals surface area contributed by atoms with Gasteiger partial charge in [-0.25, -0.2) is 13.2 Å². The van der Waals surface area contributed by atoms with Crippen LogP contribution < -0.4 is 9.24 Å². The third-order valence-electron chi connectivity index (χ3n) is 5.01. The fraction of sp³-hybridized carbons (Fsp3) is 0.167. The maximum Gasteiger partial charge on any atom is 0.396 e. The highest BCUT2D eigenvalue weighted by Crippen LogP contribution is 2.31. The summed E-state index contributed by atoms with van der Waals surface area (Å²) >= 11 is 0.847. The van der Waals surface area contributed by atoms with Crippen molar-refractivity contribution in [1.82, 2.24) is 0 Å². The molecule has 0 atom stereocenters. The molecule has 8 heteroatoms. The number of carbonyl (C=O) groups is 1. The molecule has 3 aromatic carbocycles. The Hall–Kier alpha value is -3.23. The van der Waals surface area contributed by atoms with E-state index in [0.29, 0.717) is 10.3 Å². The van der Waals surface area contributed by atoms with Crippen LogP contribution in [0.3, 0.4) is 0 Å². The van der Waals surface area contributed by atoms with Crippen LogP contribution in [-0.4, -0.2) is 14.3 Å². The Bertz CT molecular complexity index is 1440. The molecule has 0 saturated heterocycles. The molecule has 0 N–H and O–H groups in total. The summed E-state index contributed by atoms with van der Waals surface area (Å²) in [5, 5.41) is 0. The molecule has 0 aliphatic carbocycles. The Morgan fingerprint density at radius 2 is 1.59 bits per heavy atom. The number of sulfonamides is 1. The molecule has 164 valence electrons. The van der Waals surface area contributed by atoms with Gasteiger partial charge in [-0.1, -0.05) is 62.4 Å². The Balaban J connectivity index is 1.87. The van der Waals surface area contributed by atoms with E-state index in [4.69, 9.17) is 4.42 Å². The molecule has 4 rings (SSSR count). The number of hydrogen-bond acceptors (Lipinski definition) is 6. The Labute approximate surface area is 189 Å². The normalized spacial score (nSPS) is 12.1. The van der Waals surface area contributed by atoms with Gasteiger partial charge in [-0.3, -0.25) is 4.79 Å². The van der Waals surface area contributed by atoms with Gasteiger partial charge < -0.3 is 4.42 Å². The summed E-state index contributed by atoms with van der Waals surface area (Å²) in [6.45, 7) is 6.11. The predicted octanol–water partition coefficient (Wildman–Crippen LogP) is 5.19. The summed E-state index contributed by atoms with van der Waals surface area (Å²) < 4.78 is 33.7. The van der Waals surface area contributed by atoms with Gasteiger partial charge in [0.15, 0.2) is 0 Å². The third-order valence-corrected chi connectivity index (χ3v) is 7.53. The van der Waals surface area contributed by atoms with E-state index >= 15 is 0 Å². The van der Waals surface area contributed by atoms with Crippen LogP contribution in [0.15, 0.2) is 86.9 Å². The minimum atomic E-state index is -4.25. The van der Waals surface area contributed by atoms with Crippen molar-refractivity contribution in [2.24, 2.45) is 0 Å². The van der Waals surface area contributed by atoms with Crippen molar-refractivity contribution in [3.63, 3.8) is 0 Å². The Kier molecular flexibility index (Phi) is 5.52. The number of hydrogen-bond donors (Lipinski definition) is 0. The minimum Gasteiger partial charge on any atom is -0.414 e. The first-order valence-corrected chi connectivity index (χ1v) is 12.1. The largest absolute Gasteiger partial charge is 0.414 e. The van der Waals surface area contributed by atoms with E-state index < -0.39 is 20.9 Å². The van der Waals surface area contributed by atoms with E-state index in [9.17, 15) is 18.0 Å². The molecule has 0 saturated carbocycles. The average molecular weight is 468 g/mol. The standard InChI is InChI=1S/C24H21NO5S2/c1-24(2,3)17-9-12-19(13-10-17)32(28,29)25(22(26)16-7-5-4-6-8-16)18-11-14-20-21(15-18)31-23(27)30-20/h4-15H,1-3H3. The summed E-state index contributed by atoms with van der Waals surface area (Å²) in [6.07, 6.45) is 0. The van der Waals surface area contributed by atoms with Crippen LogP contribution in [0.2, 0.25) is 0 Å². The lowest BCUT2D eigenvalue weighted by molar-refractivity contribution is 0.101. The fourth-order valence-electron chi connectivity index (χ4n) is 3.28. The number of rotatable bonds is 4. The number of amides is 1. The number of anilines is 1. The molecular formula is C24H21NO5S2. The van der Waals surface area contributed by atoms with Gasteiger partial charge in [-0.15, -0.1) is 0 Å². The van der Waals surface area contributed by atoms with E-state index in [2.05, 4.69) is 0 Å². The predicted molar refractivity (Wildman–Crippen MR) is 126 cm³/mol. The SMILES string of the molecule is CC(C)(C)c1ccc(S(=O)(=O)N(C(=O)c2ccccc2)c2ccc3oc(=O)sc3c2)cc1. The molecule has 0 spiro atoms. The van der Waals surface area contributed by atoms with Gasteiger partial charge in [0.25, 0.3) is 15.9 Å². The van der Waals surface area contributed by atoms with Gasteiger partial charge in [0.05, 0.1) is 15.3 Å². The second kappa shape index (κ2) is 8.03. The zero-order valence-corrected chi connectivity index (χ0v) is 19.4. The minimum absolute atomic E-state index is 0.00439. The lowest BCUT2D eigenvalue weighted by Gasteiger charge is -2.24. The quantitative estimate of drug-likeness (QED) is 0.412. The summed E-state index contributed by atoms with van der Waals surface area (Å²) in [6, 6.07) is 19.2. The second-order valence-electron chi connectivity index (χ2n) is 8.30. The van der Waals surface area contributed by atoms with E-state index in [1.165, 1.54) is 30.3 Å². The first kappa shape index (κ1) is 22.0. The highest BCUT2D eigenvalue weighted by molar-refractivity contribution is 7.93. The molecule has 0 fully saturated rings. The van der Waals surface area contributed by atoms with Crippen LogP contribution in [0, 0.1) is 0 Å². The van der Waals surface area contributed by atoms with Crippen molar-refractivity contribution in [3.8, 4) is 0 Å². The number of nitrogens with zero attached hydrogens (tertiary/aromatic N) is 1. The first-order valence-electron chi connectivity index (χ1n) is 9.86. The van der Waals surface area contributed by atoms with Crippen LogP contribution in [0.1, 0.15) is 36.7 Å². The molecule has 4 aromatic rings. The van der Waals surface area contributed by atoms with Gasteiger partial charge in [-0.2, -0.15) is 4.31 Å². The highest BCUT2D eigenvalue weighted by Gasteiger charge is 2.32. The van der Waals surface area contributed by atoms with Crippen molar-refractivity contribution in [2.75, 3.05) is 4.31 Å². The summed E-state index contributed by atoms with van der Waals surface area (Å²) in [7, 11) is -4.25. The highest BCUT2D eigenvalue weighted by atomic mass is 32.2. The molecule has 1 heterocycles. The van der Waals surface area contributed by atoms with Crippen LogP contribution in [0.5, 0.6) is 0 Å². The molecule has 32 heavy (non-hydrogen) atoms. The number of benzene rings is 3. The van der Waals surface area contributed by atoms with Crippen molar-refractivity contribution >= 4 is 43.2 Å².